The van der Waals surface area contributed by atoms with Crippen LogP contribution >= 0.6 is 0 Å². The van der Waals surface area contributed by atoms with Crippen LogP contribution in [0.3, 0.4) is 0 Å². The molecule has 8 nitrogen and oxygen atoms in total. The molecule has 2 saturated carbocycles. The maximum absolute atomic E-state index is 14.0. The van der Waals surface area contributed by atoms with Crippen LogP contribution in [-0.2, 0) is 20.1 Å². The Hall–Kier alpha value is -2.94. The topological polar surface area (TPSA) is 107 Å². The van der Waals surface area contributed by atoms with Crippen molar-refractivity contribution >= 4 is 34.4 Å². The molecule has 222 valence electrons. The van der Waals surface area contributed by atoms with Crippen molar-refractivity contribution in [1.82, 2.24) is 9.47 Å². The Morgan fingerprint density at radius 1 is 1.07 bits per heavy atom. The third-order valence-corrected chi connectivity index (χ3v) is 10.3. The fourth-order valence-electron chi connectivity index (χ4n) is 8.17. The summed E-state index contributed by atoms with van der Waals surface area (Å²) in [4.78, 5) is 42.2. The number of nitrogens with two attached hydrogens (primary N) is 1. The largest absolute Gasteiger partial charge is 0.434 e. The number of nitrogens with one attached hydrogen (secondary N) is 1. The molecule has 4 aliphatic rings. The van der Waals surface area contributed by atoms with Crippen LogP contribution in [0, 0.1) is 23.7 Å². The maximum atomic E-state index is 14.0. The van der Waals surface area contributed by atoms with Crippen LogP contribution in [0.1, 0.15) is 88.5 Å². The second-order valence-corrected chi connectivity index (χ2v) is 13.2. The molecule has 0 bridgehead atoms. The van der Waals surface area contributed by atoms with Gasteiger partial charge in [-0.05, 0) is 88.0 Å². The van der Waals surface area contributed by atoms with E-state index in [1.54, 1.807) is 0 Å². The number of fused-ring (bicyclic) bond motifs is 3. The highest BCUT2D eigenvalue weighted by atomic mass is 19.1. The van der Waals surface area contributed by atoms with E-state index in [-0.39, 0.29) is 35.5 Å². The van der Waals surface area contributed by atoms with E-state index in [1.165, 1.54) is 19.3 Å². The Balaban J connectivity index is 1.22. The van der Waals surface area contributed by atoms with Crippen LogP contribution in [0.2, 0.25) is 0 Å². The van der Waals surface area contributed by atoms with E-state index >= 15 is 0 Å². The number of likely N-dealkylation sites (tertiary alicyclic amines) is 1. The average Bonchev–Trinajstić information content (AvgIpc) is 3.65. The van der Waals surface area contributed by atoms with Crippen molar-refractivity contribution < 1.29 is 23.5 Å². The molecule has 2 aromatic rings. The van der Waals surface area contributed by atoms with Crippen LogP contribution in [-0.4, -0.2) is 52.6 Å². The van der Waals surface area contributed by atoms with Crippen LogP contribution in [0.4, 0.5) is 10.1 Å². The first-order valence-electron chi connectivity index (χ1n) is 15.5. The van der Waals surface area contributed by atoms with Gasteiger partial charge in [-0.25, -0.2) is 9.18 Å². The van der Waals surface area contributed by atoms with E-state index in [0.29, 0.717) is 36.7 Å². The van der Waals surface area contributed by atoms with Gasteiger partial charge in [0.25, 0.3) is 0 Å². The van der Waals surface area contributed by atoms with Gasteiger partial charge in [-0.2, -0.15) is 0 Å². The minimum absolute atomic E-state index is 0.0655. The number of carbonyl (C=O) groups is 3. The van der Waals surface area contributed by atoms with Gasteiger partial charge in [0.15, 0.2) is 5.72 Å². The number of ether oxygens (including phenoxy) is 1. The summed E-state index contributed by atoms with van der Waals surface area (Å²) < 4.78 is 20.5. The Kier molecular flexibility index (Phi) is 7.59. The highest BCUT2D eigenvalue weighted by Crippen LogP contribution is 2.42. The van der Waals surface area contributed by atoms with E-state index in [9.17, 15) is 18.8 Å². The number of hydrogen-bond donors (Lipinski definition) is 2. The summed E-state index contributed by atoms with van der Waals surface area (Å²) in [7, 11) is 0. The molecule has 6 rings (SSSR count). The number of cyclic esters (lactones) is 1. The summed E-state index contributed by atoms with van der Waals surface area (Å²) in [6.07, 6.45) is 9.56. The van der Waals surface area contributed by atoms with Crippen molar-refractivity contribution in [2.75, 3.05) is 18.5 Å². The molecule has 0 spiro atoms. The van der Waals surface area contributed by atoms with Gasteiger partial charge in [-0.1, -0.05) is 32.1 Å². The van der Waals surface area contributed by atoms with Crippen LogP contribution < -0.4 is 11.1 Å². The quantitative estimate of drug-likeness (QED) is 0.459. The summed E-state index contributed by atoms with van der Waals surface area (Å²) in [5, 5.41) is 4.00. The van der Waals surface area contributed by atoms with Crippen molar-refractivity contribution in [2.45, 2.75) is 95.9 Å². The first-order valence-corrected chi connectivity index (χ1v) is 15.5. The van der Waals surface area contributed by atoms with E-state index in [4.69, 9.17) is 10.5 Å². The normalized spacial score (nSPS) is 28.9. The predicted molar refractivity (Wildman–Crippen MR) is 155 cm³/mol. The zero-order valence-electron chi connectivity index (χ0n) is 24.2. The number of anilines is 1. The predicted octanol–water partition coefficient (Wildman–Crippen LogP) is 5.34. The van der Waals surface area contributed by atoms with Gasteiger partial charge >= 0.3 is 5.97 Å². The second kappa shape index (κ2) is 11.0. The number of benzene rings is 1. The SMILES string of the molecule is CC1(C)OC(=O)c2cc3cc(NC(=O)[C@@H]4[C@H](C5CCCCC5)CCN4C(=O)[C@H]4CC[C@H]([C@H](N)CF)CC4)ccc3n21. The summed E-state index contributed by atoms with van der Waals surface area (Å²) >= 11 is 0. The lowest BCUT2D eigenvalue weighted by Crippen LogP contribution is -2.50. The van der Waals surface area contributed by atoms with Crippen LogP contribution in [0.25, 0.3) is 10.9 Å². The molecule has 41 heavy (non-hydrogen) atoms. The smallest absolute Gasteiger partial charge is 0.357 e. The zero-order valence-corrected chi connectivity index (χ0v) is 24.2. The zero-order chi connectivity index (χ0) is 28.9. The molecule has 3 heterocycles. The van der Waals surface area contributed by atoms with Crippen LogP contribution in [0.15, 0.2) is 24.3 Å². The molecule has 3 N–H and O–H groups in total. The third-order valence-electron chi connectivity index (χ3n) is 10.3. The van der Waals surface area contributed by atoms with Gasteiger partial charge in [0.2, 0.25) is 11.8 Å². The van der Waals surface area contributed by atoms with Gasteiger partial charge < -0.3 is 20.7 Å². The van der Waals surface area contributed by atoms with Crippen molar-refractivity contribution in [3.8, 4) is 0 Å². The molecular weight excluding hydrogens is 523 g/mol. The van der Waals surface area contributed by atoms with Gasteiger partial charge in [0.05, 0.1) is 5.52 Å². The number of hydrogen-bond acceptors (Lipinski definition) is 5. The van der Waals surface area contributed by atoms with Crippen molar-refractivity contribution in [3.05, 3.63) is 30.0 Å². The van der Waals surface area contributed by atoms with Gasteiger partial charge in [-0.15, -0.1) is 0 Å². The Morgan fingerprint density at radius 2 is 1.80 bits per heavy atom. The maximum Gasteiger partial charge on any atom is 0.357 e. The molecule has 2 aliphatic heterocycles. The van der Waals surface area contributed by atoms with Crippen molar-refractivity contribution in [3.63, 3.8) is 0 Å². The first-order chi connectivity index (χ1) is 19.7. The minimum atomic E-state index is -0.771. The van der Waals surface area contributed by atoms with Gasteiger partial charge in [0.1, 0.15) is 18.4 Å². The number of esters is 1. The fourth-order valence-corrected chi connectivity index (χ4v) is 8.17. The van der Waals surface area contributed by atoms with E-state index in [0.717, 1.165) is 43.0 Å². The van der Waals surface area contributed by atoms with E-state index in [2.05, 4.69) is 5.32 Å². The van der Waals surface area contributed by atoms with Crippen molar-refractivity contribution in [2.24, 2.45) is 29.4 Å². The third kappa shape index (κ3) is 5.15. The van der Waals surface area contributed by atoms with Crippen LogP contribution in [0.5, 0.6) is 0 Å². The molecule has 0 radical (unpaired) electrons. The highest BCUT2D eigenvalue weighted by molar-refractivity contribution is 6.02. The molecule has 3 fully saturated rings. The minimum Gasteiger partial charge on any atom is -0.434 e. The lowest BCUT2D eigenvalue weighted by molar-refractivity contribution is -0.142. The van der Waals surface area contributed by atoms with Gasteiger partial charge in [-0.3, -0.25) is 14.2 Å². The number of halogens is 1. The molecule has 2 amide bonds. The van der Waals surface area contributed by atoms with Crippen molar-refractivity contribution in [1.29, 1.82) is 0 Å². The monoisotopic (exact) mass is 566 g/mol. The average molecular weight is 567 g/mol. The highest BCUT2D eigenvalue weighted by Gasteiger charge is 2.47. The summed E-state index contributed by atoms with van der Waals surface area (Å²) in [5.41, 5.74) is 7.21. The van der Waals surface area contributed by atoms with E-state index < -0.39 is 24.5 Å². The summed E-state index contributed by atoms with van der Waals surface area (Å²) in [6.45, 7) is 3.79. The lowest BCUT2D eigenvalue weighted by Gasteiger charge is -2.36. The summed E-state index contributed by atoms with van der Waals surface area (Å²) in [6, 6.07) is 6.52. The number of carbonyl (C=O) groups excluding carboxylic acids is 3. The molecule has 1 aromatic heterocycles. The molecular formula is C32H43FN4O4. The molecule has 1 aromatic carbocycles. The number of amides is 2. The standard InChI is InChI=1S/C32H43FN4O4/c1-32(2)37-26-13-12-23(16-22(26)17-27(37)31(40)41-32)35-29(38)28-24(19-6-4-3-5-7-19)14-15-36(28)30(39)21-10-8-20(9-11-21)25(34)18-33/h12-13,16-17,19-21,24-25,28H,3-11,14-15,18,34H2,1-2H3,(H,35,38)/t20-,21-,24-,25+,28-/m0/s1. The molecule has 2 aliphatic carbocycles. The van der Waals surface area contributed by atoms with E-state index in [1.807, 2.05) is 47.6 Å². The number of alkyl halides is 1. The Labute approximate surface area is 241 Å². The van der Waals surface area contributed by atoms with Gasteiger partial charge in [0, 0.05) is 29.6 Å². The Morgan fingerprint density at radius 3 is 2.51 bits per heavy atom. The second-order valence-electron chi connectivity index (χ2n) is 13.2. The summed E-state index contributed by atoms with van der Waals surface area (Å²) in [5.74, 6) is 0.152. The first kappa shape index (κ1) is 28.2. The number of aromatic nitrogens is 1. The number of nitrogens with zero attached hydrogens (tertiary/aromatic N) is 2. The molecule has 3 atom stereocenters. The number of rotatable bonds is 6. The lowest BCUT2D eigenvalue weighted by atomic mass is 9.76. The molecule has 1 saturated heterocycles. The molecule has 9 heteroatoms. The fraction of sp³-hybridized carbons (Fsp3) is 0.656. The molecule has 0 unspecified atom stereocenters. The Bertz CT molecular complexity index is 1320.